The van der Waals surface area contributed by atoms with E-state index in [4.69, 9.17) is 0 Å². The molecule has 1 nitrogen and oxygen atoms in total. The fourth-order valence-electron chi connectivity index (χ4n) is 1.04. The second-order valence-electron chi connectivity index (χ2n) is 2.77. The van der Waals surface area contributed by atoms with Crippen molar-refractivity contribution in [2.24, 2.45) is 0 Å². The zero-order valence-electron chi connectivity index (χ0n) is 7.11. The Bertz CT molecular complexity index is 245. The van der Waals surface area contributed by atoms with Gasteiger partial charge in [-0.05, 0) is 38.0 Å². The van der Waals surface area contributed by atoms with Crippen molar-refractivity contribution in [1.82, 2.24) is 4.98 Å². The number of aromatic nitrogens is 1. The maximum atomic E-state index is 12.2. The molecule has 0 bridgehead atoms. The minimum atomic E-state index is -0.470. The summed E-state index contributed by atoms with van der Waals surface area (Å²) in [4.78, 5) is 4.08. The number of aryl methyl sites for hydroxylation is 2. The molecule has 0 aliphatic heterocycles. The molecule has 11 heavy (non-hydrogen) atoms. The molecule has 0 fully saturated rings. The van der Waals surface area contributed by atoms with Gasteiger partial charge in [0.1, 0.15) is 6.67 Å². The van der Waals surface area contributed by atoms with E-state index in [1.54, 1.807) is 6.07 Å². The average molecular weight is 153 g/mol. The highest BCUT2D eigenvalue weighted by molar-refractivity contribution is 5.29. The van der Waals surface area contributed by atoms with Gasteiger partial charge in [-0.25, -0.2) is 4.39 Å². The maximum absolute atomic E-state index is 12.2. The summed E-state index contributed by atoms with van der Waals surface area (Å²) >= 11 is 0. The molecule has 2 heteroatoms. The largest absolute Gasteiger partial charge is 0.255 e. The molecule has 0 aliphatic rings. The van der Waals surface area contributed by atoms with E-state index < -0.39 is 6.67 Å². The van der Waals surface area contributed by atoms with E-state index in [1.807, 2.05) is 20.8 Å². The number of alkyl halides is 1. The van der Waals surface area contributed by atoms with Gasteiger partial charge in [-0.3, -0.25) is 4.98 Å². The Labute approximate surface area is 66.3 Å². The first kappa shape index (κ1) is 8.18. The van der Waals surface area contributed by atoms with Gasteiger partial charge in [-0.2, -0.15) is 0 Å². The number of nitrogens with zero attached hydrogens (tertiary/aromatic N) is 1. The maximum Gasteiger partial charge on any atom is 0.131 e. The predicted molar refractivity (Wildman–Crippen MR) is 43.3 cm³/mol. The first-order valence-corrected chi connectivity index (χ1v) is 3.65. The SMILES string of the molecule is Cc1cc(CF)nc(C)c1C. The third kappa shape index (κ3) is 1.56. The molecule has 1 aromatic heterocycles. The van der Waals surface area contributed by atoms with Gasteiger partial charge in [0, 0.05) is 5.69 Å². The van der Waals surface area contributed by atoms with Crippen molar-refractivity contribution in [3.05, 3.63) is 28.6 Å². The molecule has 0 amide bonds. The molecule has 60 valence electrons. The Balaban J connectivity index is 3.21. The van der Waals surface area contributed by atoms with E-state index in [0.717, 1.165) is 16.8 Å². The summed E-state index contributed by atoms with van der Waals surface area (Å²) in [7, 11) is 0. The third-order valence-electron chi connectivity index (χ3n) is 1.97. The Morgan fingerprint density at radius 2 is 2.00 bits per heavy atom. The molecule has 0 spiro atoms. The molecule has 0 aliphatic carbocycles. The Morgan fingerprint density at radius 3 is 2.45 bits per heavy atom. The van der Waals surface area contributed by atoms with Gasteiger partial charge >= 0.3 is 0 Å². The van der Waals surface area contributed by atoms with Crippen LogP contribution >= 0.6 is 0 Å². The normalized spacial score (nSPS) is 10.2. The number of rotatable bonds is 1. The lowest BCUT2D eigenvalue weighted by Gasteiger charge is -2.04. The van der Waals surface area contributed by atoms with Crippen LogP contribution in [0.1, 0.15) is 22.5 Å². The van der Waals surface area contributed by atoms with Gasteiger partial charge < -0.3 is 0 Å². The molecule has 1 rings (SSSR count). The summed E-state index contributed by atoms with van der Waals surface area (Å²) in [5.74, 6) is 0. The van der Waals surface area contributed by atoms with E-state index >= 15 is 0 Å². The van der Waals surface area contributed by atoms with E-state index in [1.165, 1.54) is 0 Å². The summed E-state index contributed by atoms with van der Waals surface area (Å²) in [6.07, 6.45) is 0. The number of hydrogen-bond donors (Lipinski definition) is 0. The topological polar surface area (TPSA) is 12.9 Å². The van der Waals surface area contributed by atoms with Crippen LogP contribution in [0.5, 0.6) is 0 Å². The smallest absolute Gasteiger partial charge is 0.131 e. The van der Waals surface area contributed by atoms with Crippen molar-refractivity contribution in [1.29, 1.82) is 0 Å². The first-order valence-electron chi connectivity index (χ1n) is 3.65. The second kappa shape index (κ2) is 2.99. The Kier molecular flexibility index (Phi) is 2.22. The highest BCUT2D eigenvalue weighted by Crippen LogP contribution is 2.11. The summed E-state index contributed by atoms with van der Waals surface area (Å²) in [6.45, 7) is 5.41. The first-order chi connectivity index (χ1) is 5.15. The molecule has 0 saturated carbocycles. The van der Waals surface area contributed by atoms with Gasteiger partial charge in [0.15, 0.2) is 0 Å². The highest BCUT2D eigenvalue weighted by Gasteiger charge is 2.00. The van der Waals surface area contributed by atoms with Crippen LogP contribution in [0.4, 0.5) is 4.39 Å². The number of pyridine rings is 1. The lowest BCUT2D eigenvalue weighted by Crippen LogP contribution is -1.95. The average Bonchev–Trinajstić information content (AvgIpc) is 1.99. The summed E-state index contributed by atoms with van der Waals surface area (Å²) in [6, 6.07) is 1.79. The van der Waals surface area contributed by atoms with Crippen LogP contribution in [-0.4, -0.2) is 4.98 Å². The van der Waals surface area contributed by atoms with Crippen LogP contribution in [0, 0.1) is 20.8 Å². The third-order valence-corrected chi connectivity index (χ3v) is 1.97. The van der Waals surface area contributed by atoms with E-state index in [2.05, 4.69) is 4.98 Å². The van der Waals surface area contributed by atoms with Crippen LogP contribution in [0.3, 0.4) is 0 Å². The Morgan fingerprint density at radius 1 is 1.36 bits per heavy atom. The van der Waals surface area contributed by atoms with Gasteiger partial charge in [-0.15, -0.1) is 0 Å². The highest BCUT2D eigenvalue weighted by atomic mass is 19.1. The van der Waals surface area contributed by atoms with Crippen LogP contribution < -0.4 is 0 Å². The van der Waals surface area contributed by atoms with Crippen LogP contribution in [-0.2, 0) is 6.67 Å². The molecular weight excluding hydrogens is 141 g/mol. The molecule has 1 heterocycles. The molecular formula is C9H12FN. The fraction of sp³-hybridized carbons (Fsp3) is 0.444. The fourth-order valence-corrected chi connectivity index (χ4v) is 1.04. The van der Waals surface area contributed by atoms with Crippen molar-refractivity contribution in [3.8, 4) is 0 Å². The van der Waals surface area contributed by atoms with Crippen molar-refractivity contribution in [2.45, 2.75) is 27.4 Å². The zero-order valence-corrected chi connectivity index (χ0v) is 7.11. The lowest BCUT2D eigenvalue weighted by molar-refractivity contribution is 0.475. The quantitative estimate of drug-likeness (QED) is 0.604. The predicted octanol–water partition coefficient (Wildman–Crippen LogP) is 2.48. The van der Waals surface area contributed by atoms with Crippen molar-refractivity contribution >= 4 is 0 Å². The number of halogens is 1. The van der Waals surface area contributed by atoms with Gasteiger partial charge in [0.2, 0.25) is 0 Å². The van der Waals surface area contributed by atoms with Crippen LogP contribution in [0.2, 0.25) is 0 Å². The van der Waals surface area contributed by atoms with Crippen molar-refractivity contribution in [2.75, 3.05) is 0 Å². The van der Waals surface area contributed by atoms with Crippen LogP contribution in [0.25, 0.3) is 0 Å². The summed E-state index contributed by atoms with van der Waals surface area (Å²) < 4.78 is 12.2. The molecule has 0 N–H and O–H groups in total. The molecule has 0 saturated heterocycles. The summed E-state index contributed by atoms with van der Waals surface area (Å²) in [5, 5.41) is 0. The van der Waals surface area contributed by atoms with E-state index in [0.29, 0.717) is 5.69 Å². The van der Waals surface area contributed by atoms with E-state index in [9.17, 15) is 4.39 Å². The van der Waals surface area contributed by atoms with Gasteiger partial charge in [0.05, 0.1) is 5.69 Å². The summed E-state index contributed by atoms with van der Waals surface area (Å²) in [5.41, 5.74) is 3.73. The molecule has 0 atom stereocenters. The Hall–Kier alpha value is -0.920. The minimum Gasteiger partial charge on any atom is -0.255 e. The van der Waals surface area contributed by atoms with Crippen molar-refractivity contribution < 1.29 is 4.39 Å². The number of hydrogen-bond acceptors (Lipinski definition) is 1. The van der Waals surface area contributed by atoms with Crippen molar-refractivity contribution in [3.63, 3.8) is 0 Å². The molecule has 0 unspecified atom stereocenters. The molecule has 1 aromatic rings. The minimum absolute atomic E-state index is 0.470. The molecule has 0 radical (unpaired) electrons. The van der Waals surface area contributed by atoms with E-state index in [-0.39, 0.29) is 0 Å². The molecule has 0 aromatic carbocycles. The van der Waals surface area contributed by atoms with Crippen LogP contribution in [0.15, 0.2) is 6.07 Å². The lowest BCUT2D eigenvalue weighted by atomic mass is 10.1. The van der Waals surface area contributed by atoms with Gasteiger partial charge in [-0.1, -0.05) is 0 Å². The standard InChI is InChI=1S/C9H12FN/c1-6-4-9(5-10)11-8(3)7(6)2/h4H,5H2,1-3H3. The monoisotopic (exact) mass is 153 g/mol. The van der Waals surface area contributed by atoms with Gasteiger partial charge in [0.25, 0.3) is 0 Å². The second-order valence-corrected chi connectivity index (χ2v) is 2.77. The zero-order chi connectivity index (χ0) is 8.43.